The molecule has 0 aliphatic carbocycles. The zero-order chi connectivity index (χ0) is 11.1. The van der Waals surface area contributed by atoms with Gasteiger partial charge in [-0.3, -0.25) is 4.79 Å². The normalized spacial score (nSPS) is 25.5. The summed E-state index contributed by atoms with van der Waals surface area (Å²) in [5.74, 6) is -0.114. The topological polar surface area (TPSA) is 73.6 Å². The molecule has 1 rings (SSSR count). The minimum Gasteiger partial charge on any atom is -0.382 e. The third kappa shape index (κ3) is 3.77. The summed E-state index contributed by atoms with van der Waals surface area (Å²) >= 11 is 0. The van der Waals surface area contributed by atoms with Gasteiger partial charge in [-0.1, -0.05) is 0 Å². The van der Waals surface area contributed by atoms with Gasteiger partial charge in [0, 0.05) is 26.4 Å². The summed E-state index contributed by atoms with van der Waals surface area (Å²) in [4.78, 5) is 11.6. The van der Waals surface area contributed by atoms with Crippen molar-refractivity contribution in [2.45, 2.75) is 25.3 Å². The molecule has 1 amide bonds. The van der Waals surface area contributed by atoms with Gasteiger partial charge in [-0.2, -0.15) is 0 Å². The largest absolute Gasteiger partial charge is 0.382 e. The van der Waals surface area contributed by atoms with Gasteiger partial charge in [-0.15, -0.1) is 0 Å². The summed E-state index contributed by atoms with van der Waals surface area (Å²) in [6.07, 6.45) is 1.42. The maximum absolute atomic E-state index is 11.6. The van der Waals surface area contributed by atoms with E-state index in [0.29, 0.717) is 39.4 Å². The number of ether oxygens (including phenoxy) is 2. The molecule has 0 aromatic rings. The maximum atomic E-state index is 11.6. The van der Waals surface area contributed by atoms with Crippen LogP contribution in [0.4, 0.5) is 0 Å². The lowest BCUT2D eigenvalue weighted by Crippen LogP contribution is -2.54. The van der Waals surface area contributed by atoms with Gasteiger partial charge in [0.2, 0.25) is 5.91 Å². The summed E-state index contributed by atoms with van der Waals surface area (Å²) in [5, 5.41) is 2.80. The van der Waals surface area contributed by atoms with Gasteiger partial charge < -0.3 is 20.5 Å². The van der Waals surface area contributed by atoms with Crippen molar-refractivity contribution in [1.82, 2.24) is 5.32 Å². The average Bonchev–Trinajstić information content (AvgIpc) is 2.66. The molecule has 88 valence electrons. The molecule has 1 saturated heterocycles. The van der Waals surface area contributed by atoms with Crippen LogP contribution in [0.2, 0.25) is 0 Å². The SMILES string of the molecule is CCOCCCNC(=O)C1(N)CCOC1. The smallest absolute Gasteiger partial charge is 0.242 e. The molecule has 15 heavy (non-hydrogen) atoms. The van der Waals surface area contributed by atoms with Crippen molar-refractivity contribution in [2.24, 2.45) is 5.73 Å². The molecule has 0 radical (unpaired) electrons. The minimum absolute atomic E-state index is 0.114. The van der Waals surface area contributed by atoms with Crippen molar-refractivity contribution < 1.29 is 14.3 Å². The second-order valence-corrected chi connectivity index (χ2v) is 3.77. The lowest BCUT2D eigenvalue weighted by molar-refractivity contribution is -0.126. The minimum atomic E-state index is -0.814. The van der Waals surface area contributed by atoms with Gasteiger partial charge in [0.1, 0.15) is 5.54 Å². The molecule has 1 heterocycles. The van der Waals surface area contributed by atoms with Crippen molar-refractivity contribution in [1.29, 1.82) is 0 Å². The van der Waals surface area contributed by atoms with Crippen LogP contribution in [0.25, 0.3) is 0 Å². The van der Waals surface area contributed by atoms with Crippen LogP contribution in [0.3, 0.4) is 0 Å². The van der Waals surface area contributed by atoms with Crippen molar-refractivity contribution in [3.63, 3.8) is 0 Å². The lowest BCUT2D eigenvalue weighted by atomic mass is 9.99. The predicted octanol–water partition coefficient (Wildman–Crippen LogP) is -0.353. The van der Waals surface area contributed by atoms with Gasteiger partial charge >= 0.3 is 0 Å². The highest BCUT2D eigenvalue weighted by Gasteiger charge is 2.37. The Bertz CT molecular complexity index is 203. The average molecular weight is 216 g/mol. The molecule has 1 aliphatic heterocycles. The van der Waals surface area contributed by atoms with Crippen LogP contribution in [0.1, 0.15) is 19.8 Å². The van der Waals surface area contributed by atoms with Crippen molar-refractivity contribution in [3.8, 4) is 0 Å². The molecule has 3 N–H and O–H groups in total. The first kappa shape index (κ1) is 12.4. The number of carbonyl (C=O) groups excluding carboxylic acids is 1. The number of amides is 1. The van der Waals surface area contributed by atoms with Crippen LogP contribution in [0.15, 0.2) is 0 Å². The van der Waals surface area contributed by atoms with Crippen molar-refractivity contribution in [3.05, 3.63) is 0 Å². The van der Waals surface area contributed by atoms with E-state index in [0.717, 1.165) is 6.42 Å². The third-order valence-corrected chi connectivity index (χ3v) is 2.46. The summed E-state index contributed by atoms with van der Waals surface area (Å²) in [6.45, 7) is 4.84. The molecule has 0 bridgehead atoms. The lowest BCUT2D eigenvalue weighted by Gasteiger charge is -2.20. The molecule has 1 fully saturated rings. The Balaban J connectivity index is 2.12. The molecular formula is C10H20N2O3. The summed E-state index contributed by atoms with van der Waals surface area (Å²) < 4.78 is 10.3. The van der Waals surface area contributed by atoms with Crippen LogP contribution in [-0.4, -0.2) is 44.4 Å². The molecule has 0 spiro atoms. The van der Waals surface area contributed by atoms with E-state index in [2.05, 4.69) is 5.32 Å². The molecule has 5 heteroatoms. The predicted molar refractivity (Wildman–Crippen MR) is 56.5 cm³/mol. The number of rotatable bonds is 6. The van der Waals surface area contributed by atoms with Crippen molar-refractivity contribution >= 4 is 5.91 Å². The molecule has 0 saturated carbocycles. The summed E-state index contributed by atoms with van der Waals surface area (Å²) in [5.41, 5.74) is 5.06. The van der Waals surface area contributed by atoms with E-state index < -0.39 is 5.54 Å². The molecule has 0 aromatic carbocycles. The van der Waals surface area contributed by atoms with Crippen LogP contribution in [0, 0.1) is 0 Å². The van der Waals surface area contributed by atoms with Crippen LogP contribution < -0.4 is 11.1 Å². The monoisotopic (exact) mass is 216 g/mol. The molecule has 1 atom stereocenters. The maximum Gasteiger partial charge on any atom is 0.242 e. The molecular weight excluding hydrogens is 196 g/mol. The number of carbonyl (C=O) groups is 1. The fourth-order valence-corrected chi connectivity index (χ4v) is 1.46. The van der Waals surface area contributed by atoms with E-state index in [1.165, 1.54) is 0 Å². The number of hydrogen-bond acceptors (Lipinski definition) is 4. The Morgan fingerprint density at radius 2 is 2.47 bits per heavy atom. The second-order valence-electron chi connectivity index (χ2n) is 3.77. The van der Waals surface area contributed by atoms with Gasteiger partial charge in [0.25, 0.3) is 0 Å². The Hall–Kier alpha value is -0.650. The van der Waals surface area contributed by atoms with E-state index in [4.69, 9.17) is 15.2 Å². The van der Waals surface area contributed by atoms with E-state index >= 15 is 0 Å². The standard InChI is InChI=1S/C10H20N2O3/c1-2-14-6-3-5-12-9(13)10(11)4-7-15-8-10/h2-8,11H2,1H3,(H,12,13). The Labute approximate surface area is 90.3 Å². The van der Waals surface area contributed by atoms with Gasteiger partial charge in [-0.05, 0) is 19.8 Å². The summed E-state index contributed by atoms with van der Waals surface area (Å²) in [7, 11) is 0. The highest BCUT2D eigenvalue weighted by Crippen LogP contribution is 2.15. The zero-order valence-electron chi connectivity index (χ0n) is 9.25. The molecule has 0 aromatic heterocycles. The van der Waals surface area contributed by atoms with Gasteiger partial charge in [-0.25, -0.2) is 0 Å². The number of nitrogens with one attached hydrogen (secondary N) is 1. The van der Waals surface area contributed by atoms with Crippen molar-refractivity contribution in [2.75, 3.05) is 33.0 Å². The Kier molecular flexibility index (Phi) is 5.01. The fraction of sp³-hybridized carbons (Fsp3) is 0.900. The first-order valence-electron chi connectivity index (χ1n) is 5.42. The van der Waals surface area contributed by atoms with E-state index in [1.54, 1.807) is 0 Å². The van der Waals surface area contributed by atoms with E-state index in [9.17, 15) is 4.79 Å². The molecule has 1 unspecified atom stereocenters. The van der Waals surface area contributed by atoms with E-state index in [-0.39, 0.29) is 5.91 Å². The zero-order valence-corrected chi connectivity index (χ0v) is 9.25. The van der Waals surface area contributed by atoms with E-state index in [1.807, 2.05) is 6.92 Å². The summed E-state index contributed by atoms with van der Waals surface area (Å²) in [6, 6.07) is 0. The van der Waals surface area contributed by atoms with Gasteiger partial charge in [0.15, 0.2) is 0 Å². The first-order valence-corrected chi connectivity index (χ1v) is 5.42. The van der Waals surface area contributed by atoms with Gasteiger partial charge in [0.05, 0.1) is 6.61 Å². The Morgan fingerprint density at radius 3 is 3.07 bits per heavy atom. The fourth-order valence-electron chi connectivity index (χ4n) is 1.46. The van der Waals surface area contributed by atoms with Crippen LogP contribution in [0.5, 0.6) is 0 Å². The molecule has 1 aliphatic rings. The van der Waals surface area contributed by atoms with Crippen LogP contribution in [-0.2, 0) is 14.3 Å². The first-order chi connectivity index (χ1) is 7.19. The number of hydrogen-bond donors (Lipinski definition) is 2. The quantitative estimate of drug-likeness (QED) is 0.595. The number of nitrogens with two attached hydrogens (primary N) is 1. The highest BCUT2D eigenvalue weighted by atomic mass is 16.5. The second kappa shape index (κ2) is 6.05. The van der Waals surface area contributed by atoms with Crippen LogP contribution >= 0.6 is 0 Å². The third-order valence-electron chi connectivity index (χ3n) is 2.46. The highest BCUT2D eigenvalue weighted by molar-refractivity contribution is 5.86. The Morgan fingerprint density at radius 1 is 1.67 bits per heavy atom. The molecule has 5 nitrogen and oxygen atoms in total.